The second kappa shape index (κ2) is 9.67. The standard InChI is InChI=1S/C19H33N5OS/c1-3-20-18(21-13-17-16(2)23-15-26-17)22-14-19(7-5-4-6-8-19)24-9-11-25-12-10-24/h15H,3-14H2,1-2H3,(H2,20,21,22). The number of aryl methyl sites for hydroxylation is 1. The Morgan fingerprint density at radius 3 is 2.69 bits per heavy atom. The number of thiazole rings is 1. The van der Waals surface area contributed by atoms with E-state index in [4.69, 9.17) is 9.73 Å². The first-order valence-corrected chi connectivity index (χ1v) is 10.9. The summed E-state index contributed by atoms with van der Waals surface area (Å²) < 4.78 is 5.59. The van der Waals surface area contributed by atoms with E-state index in [-0.39, 0.29) is 5.54 Å². The molecule has 7 heteroatoms. The van der Waals surface area contributed by atoms with Gasteiger partial charge in [0.05, 0.1) is 31.0 Å². The maximum atomic E-state index is 5.59. The fraction of sp³-hybridized carbons (Fsp3) is 0.789. The van der Waals surface area contributed by atoms with Crippen LogP contribution in [0, 0.1) is 6.92 Å². The summed E-state index contributed by atoms with van der Waals surface area (Å²) in [4.78, 5) is 13.0. The van der Waals surface area contributed by atoms with Crippen molar-refractivity contribution in [3.05, 3.63) is 16.1 Å². The number of hydrogen-bond acceptors (Lipinski definition) is 5. The first kappa shape index (κ1) is 19.6. The van der Waals surface area contributed by atoms with Crippen molar-refractivity contribution in [2.45, 2.75) is 58.0 Å². The van der Waals surface area contributed by atoms with Gasteiger partial charge in [0.1, 0.15) is 0 Å². The van der Waals surface area contributed by atoms with Crippen molar-refractivity contribution in [1.29, 1.82) is 0 Å². The van der Waals surface area contributed by atoms with Crippen molar-refractivity contribution in [2.75, 3.05) is 39.4 Å². The van der Waals surface area contributed by atoms with Crippen LogP contribution < -0.4 is 10.6 Å². The molecule has 0 radical (unpaired) electrons. The Bertz CT molecular complexity index is 576. The largest absolute Gasteiger partial charge is 0.379 e. The third-order valence-electron chi connectivity index (χ3n) is 5.62. The molecule has 1 saturated carbocycles. The summed E-state index contributed by atoms with van der Waals surface area (Å²) in [5.74, 6) is 0.915. The van der Waals surface area contributed by atoms with E-state index in [1.165, 1.54) is 37.0 Å². The molecular weight excluding hydrogens is 346 g/mol. The van der Waals surface area contributed by atoms with E-state index in [2.05, 4.69) is 34.4 Å². The third-order valence-corrected chi connectivity index (χ3v) is 6.54. The fourth-order valence-corrected chi connectivity index (χ4v) is 4.77. The van der Waals surface area contributed by atoms with Crippen molar-refractivity contribution in [2.24, 2.45) is 4.99 Å². The van der Waals surface area contributed by atoms with Gasteiger partial charge in [0.25, 0.3) is 0 Å². The predicted molar refractivity (Wildman–Crippen MR) is 108 cm³/mol. The van der Waals surface area contributed by atoms with Gasteiger partial charge in [-0.3, -0.25) is 4.90 Å². The number of ether oxygens (including phenoxy) is 1. The molecule has 146 valence electrons. The molecule has 0 amide bonds. The van der Waals surface area contributed by atoms with Crippen molar-refractivity contribution >= 4 is 17.3 Å². The second-order valence-electron chi connectivity index (χ2n) is 7.29. The quantitative estimate of drug-likeness (QED) is 0.587. The van der Waals surface area contributed by atoms with Crippen molar-refractivity contribution < 1.29 is 4.74 Å². The molecule has 0 bridgehead atoms. The first-order chi connectivity index (χ1) is 12.7. The van der Waals surface area contributed by atoms with E-state index in [0.29, 0.717) is 6.54 Å². The number of aliphatic imine (C=N–C) groups is 1. The predicted octanol–water partition coefficient (Wildman–Crippen LogP) is 2.54. The number of rotatable bonds is 6. The van der Waals surface area contributed by atoms with Gasteiger partial charge in [-0.1, -0.05) is 19.3 Å². The normalized spacial score (nSPS) is 21.5. The lowest BCUT2D eigenvalue weighted by Gasteiger charge is -2.48. The Hall–Kier alpha value is -1.18. The highest BCUT2D eigenvalue weighted by Gasteiger charge is 2.38. The molecule has 1 aliphatic heterocycles. The minimum absolute atomic E-state index is 0.249. The molecule has 2 fully saturated rings. The topological polar surface area (TPSA) is 61.8 Å². The Balaban J connectivity index is 1.65. The molecule has 1 aliphatic carbocycles. The zero-order valence-electron chi connectivity index (χ0n) is 16.2. The van der Waals surface area contributed by atoms with Crippen LogP contribution in [0.15, 0.2) is 10.5 Å². The lowest BCUT2D eigenvalue weighted by molar-refractivity contribution is -0.0352. The number of nitrogens with zero attached hydrogens (tertiary/aromatic N) is 3. The van der Waals surface area contributed by atoms with E-state index in [1.54, 1.807) is 11.3 Å². The van der Waals surface area contributed by atoms with Gasteiger partial charge in [-0.15, -0.1) is 11.3 Å². The average Bonchev–Trinajstić information content (AvgIpc) is 3.10. The molecule has 6 nitrogen and oxygen atoms in total. The Morgan fingerprint density at radius 2 is 2.04 bits per heavy atom. The molecule has 0 atom stereocenters. The van der Waals surface area contributed by atoms with Crippen LogP contribution in [-0.2, 0) is 11.3 Å². The summed E-state index contributed by atoms with van der Waals surface area (Å²) in [6, 6.07) is 0. The molecular formula is C19H33N5OS. The van der Waals surface area contributed by atoms with E-state index in [0.717, 1.165) is 51.0 Å². The number of aromatic nitrogens is 1. The van der Waals surface area contributed by atoms with Gasteiger partial charge >= 0.3 is 0 Å². The van der Waals surface area contributed by atoms with Crippen molar-refractivity contribution in [1.82, 2.24) is 20.5 Å². The Morgan fingerprint density at radius 1 is 1.27 bits per heavy atom. The lowest BCUT2D eigenvalue weighted by atomic mass is 9.80. The van der Waals surface area contributed by atoms with Crippen LogP contribution in [0.25, 0.3) is 0 Å². The van der Waals surface area contributed by atoms with Crippen LogP contribution in [-0.4, -0.2) is 60.8 Å². The van der Waals surface area contributed by atoms with E-state index in [1.807, 2.05) is 5.51 Å². The molecule has 1 aromatic heterocycles. The molecule has 2 aliphatic rings. The van der Waals surface area contributed by atoms with Gasteiger partial charge in [0, 0.05) is 36.6 Å². The van der Waals surface area contributed by atoms with E-state index < -0.39 is 0 Å². The van der Waals surface area contributed by atoms with Crippen molar-refractivity contribution in [3.63, 3.8) is 0 Å². The van der Waals surface area contributed by atoms with Crippen LogP contribution in [0.5, 0.6) is 0 Å². The SMILES string of the molecule is CCNC(=NCc1scnc1C)NCC1(N2CCOCC2)CCCCC1. The number of nitrogens with one attached hydrogen (secondary N) is 2. The number of hydrogen-bond donors (Lipinski definition) is 2. The number of morpholine rings is 1. The van der Waals surface area contributed by atoms with Crippen LogP contribution >= 0.6 is 11.3 Å². The highest BCUT2D eigenvalue weighted by Crippen LogP contribution is 2.33. The summed E-state index contributed by atoms with van der Waals surface area (Å²) in [7, 11) is 0. The molecule has 0 aromatic carbocycles. The molecule has 26 heavy (non-hydrogen) atoms. The van der Waals surface area contributed by atoms with E-state index in [9.17, 15) is 0 Å². The van der Waals surface area contributed by atoms with Gasteiger partial charge in [-0.05, 0) is 26.7 Å². The summed E-state index contributed by atoms with van der Waals surface area (Å²) in [5.41, 5.74) is 3.24. The monoisotopic (exact) mass is 379 g/mol. The highest BCUT2D eigenvalue weighted by molar-refractivity contribution is 7.09. The summed E-state index contributed by atoms with van der Waals surface area (Å²) in [5, 5.41) is 7.06. The van der Waals surface area contributed by atoms with Crippen LogP contribution in [0.2, 0.25) is 0 Å². The van der Waals surface area contributed by atoms with Crippen LogP contribution in [0.1, 0.15) is 49.6 Å². The van der Waals surface area contributed by atoms with Gasteiger partial charge < -0.3 is 15.4 Å². The Kier molecular flexibility index (Phi) is 7.28. The summed E-state index contributed by atoms with van der Waals surface area (Å²) >= 11 is 1.68. The molecule has 1 saturated heterocycles. The second-order valence-corrected chi connectivity index (χ2v) is 8.23. The summed E-state index contributed by atoms with van der Waals surface area (Å²) in [6.45, 7) is 10.5. The van der Waals surface area contributed by atoms with Crippen molar-refractivity contribution in [3.8, 4) is 0 Å². The van der Waals surface area contributed by atoms with Crippen LogP contribution in [0.3, 0.4) is 0 Å². The van der Waals surface area contributed by atoms with Gasteiger partial charge in [-0.25, -0.2) is 9.98 Å². The molecule has 0 spiro atoms. The maximum absolute atomic E-state index is 5.59. The van der Waals surface area contributed by atoms with E-state index >= 15 is 0 Å². The van der Waals surface area contributed by atoms with Gasteiger partial charge in [0.2, 0.25) is 0 Å². The smallest absolute Gasteiger partial charge is 0.191 e. The zero-order valence-corrected chi connectivity index (χ0v) is 17.0. The molecule has 3 rings (SSSR count). The van der Waals surface area contributed by atoms with Crippen LogP contribution in [0.4, 0.5) is 0 Å². The third kappa shape index (κ3) is 4.96. The number of guanidine groups is 1. The first-order valence-electron chi connectivity index (χ1n) is 9.97. The average molecular weight is 380 g/mol. The minimum Gasteiger partial charge on any atom is -0.379 e. The molecule has 2 N–H and O–H groups in total. The fourth-order valence-electron chi connectivity index (χ4n) is 4.07. The lowest BCUT2D eigenvalue weighted by Crippen LogP contribution is -2.60. The molecule has 2 heterocycles. The molecule has 1 aromatic rings. The zero-order chi connectivity index (χ0) is 18.2. The summed E-state index contributed by atoms with van der Waals surface area (Å²) in [6.07, 6.45) is 6.56. The van der Waals surface area contributed by atoms with Gasteiger partial charge in [0.15, 0.2) is 5.96 Å². The maximum Gasteiger partial charge on any atom is 0.191 e. The highest BCUT2D eigenvalue weighted by atomic mass is 32.1. The Labute approximate surface area is 161 Å². The minimum atomic E-state index is 0.249. The molecule has 0 unspecified atom stereocenters. The van der Waals surface area contributed by atoms with Gasteiger partial charge in [-0.2, -0.15) is 0 Å².